The third-order valence-corrected chi connectivity index (χ3v) is 13.3. The molecule has 4 aromatic rings. The van der Waals surface area contributed by atoms with E-state index in [1.54, 1.807) is 56.9 Å². The number of nitrogens with zero attached hydrogens (tertiary/aromatic N) is 2. The van der Waals surface area contributed by atoms with Crippen LogP contribution < -0.4 is 37.9 Å². The van der Waals surface area contributed by atoms with Crippen LogP contribution in [-0.4, -0.2) is 125 Å². The van der Waals surface area contributed by atoms with E-state index in [1.165, 1.54) is 16.7 Å². The zero-order valence-corrected chi connectivity index (χ0v) is 40.3. The predicted octanol–water partition coefficient (Wildman–Crippen LogP) is 7.92. The van der Waals surface area contributed by atoms with E-state index >= 15 is 0 Å². The Hall–Kier alpha value is -5.86. The number of fused-ring (bicyclic) bond motifs is 2. The molecule has 0 N–H and O–H groups in total. The molecule has 14 heteroatoms. The number of unbranched alkanes of at least 4 members (excludes halogenated alkanes) is 2. The number of carbonyl (C=O) groups excluding carboxylic acids is 2. The summed E-state index contributed by atoms with van der Waals surface area (Å²) in [5.74, 6) is 5.01. The van der Waals surface area contributed by atoms with Crippen molar-refractivity contribution in [3.05, 3.63) is 94.0 Å². The van der Waals surface area contributed by atoms with Gasteiger partial charge in [0.05, 0.1) is 103 Å². The lowest BCUT2D eigenvalue weighted by Gasteiger charge is -2.46. The van der Waals surface area contributed by atoms with Gasteiger partial charge in [0.25, 0.3) is 0 Å². The van der Waals surface area contributed by atoms with E-state index in [1.807, 2.05) is 24.3 Å². The van der Waals surface area contributed by atoms with Crippen molar-refractivity contribution in [1.29, 1.82) is 0 Å². The molecule has 0 unspecified atom stereocenters. The Morgan fingerprint density at radius 2 is 1.02 bits per heavy atom. The van der Waals surface area contributed by atoms with Crippen molar-refractivity contribution in [2.45, 2.75) is 69.9 Å². The fourth-order valence-corrected chi connectivity index (χ4v) is 9.46. The maximum atomic E-state index is 13.2. The highest BCUT2D eigenvalue weighted by molar-refractivity contribution is 5.70. The number of benzene rings is 4. The van der Waals surface area contributed by atoms with Crippen LogP contribution in [0, 0.1) is 0 Å². The molecule has 0 spiro atoms. The molecule has 0 aliphatic carbocycles. The molecule has 0 radical (unpaired) electrons. The van der Waals surface area contributed by atoms with Crippen molar-refractivity contribution >= 4 is 11.9 Å². The molecule has 2 heterocycles. The van der Waals surface area contributed by atoms with Gasteiger partial charge in [-0.1, -0.05) is 12.1 Å². The third kappa shape index (κ3) is 11.9. The molecular weight excluding hydrogens is 845 g/mol. The van der Waals surface area contributed by atoms with Crippen LogP contribution in [0.25, 0.3) is 0 Å². The summed E-state index contributed by atoms with van der Waals surface area (Å²) < 4.78 is 57.0. The van der Waals surface area contributed by atoms with Gasteiger partial charge in [-0.25, -0.2) is 0 Å². The Balaban J connectivity index is 0.972. The van der Waals surface area contributed by atoms with Crippen LogP contribution in [0.1, 0.15) is 77.6 Å². The van der Waals surface area contributed by atoms with Crippen LogP contribution in [0.15, 0.2) is 60.7 Å². The average Bonchev–Trinajstić information content (AvgIpc) is 3.34. The van der Waals surface area contributed by atoms with Gasteiger partial charge >= 0.3 is 11.9 Å². The second-order valence-corrected chi connectivity index (χ2v) is 17.1. The number of rotatable bonds is 24. The highest BCUT2D eigenvalue weighted by Crippen LogP contribution is 2.44. The number of likely N-dealkylation sites (N-methyl/N-ethyl adjacent to an activating group) is 1. The van der Waals surface area contributed by atoms with Crippen molar-refractivity contribution < 1.29 is 61.4 Å². The number of methoxy groups -OCH3 is 8. The third-order valence-electron chi connectivity index (χ3n) is 13.3. The SMILES string of the molecule is COc1ccc(C[C@@H]2c3cc(OC)c(OC)cc3CCN2CCC(=O)OCCCCCOC(=O)CC[N@+]2(C)CCc3cc(OC)c(OC)cc3[C@H]2Cc2ccc(OC)c(OC)c2)cc1OC. The average molecular weight is 914 g/mol. The van der Waals surface area contributed by atoms with Gasteiger partial charge in [0.2, 0.25) is 0 Å². The molecule has 66 heavy (non-hydrogen) atoms. The zero-order chi connectivity index (χ0) is 47.2. The monoisotopic (exact) mass is 913 g/mol. The summed E-state index contributed by atoms with van der Waals surface area (Å²) in [6.07, 6.45) is 5.77. The molecule has 0 saturated carbocycles. The van der Waals surface area contributed by atoms with Crippen molar-refractivity contribution in [3.63, 3.8) is 0 Å². The minimum absolute atomic E-state index is 0.0116. The van der Waals surface area contributed by atoms with Gasteiger partial charge in [-0.05, 0) is 108 Å². The van der Waals surface area contributed by atoms with E-state index in [9.17, 15) is 9.59 Å². The second kappa shape index (κ2) is 23.5. The summed E-state index contributed by atoms with van der Waals surface area (Å²) in [6, 6.07) is 20.3. The Bertz CT molecular complexity index is 2260. The van der Waals surface area contributed by atoms with Gasteiger partial charge in [0, 0.05) is 37.5 Å². The van der Waals surface area contributed by atoms with Crippen LogP contribution >= 0.6 is 0 Å². The molecule has 4 aromatic carbocycles. The fraction of sp³-hybridized carbons (Fsp3) is 0.500. The summed E-state index contributed by atoms with van der Waals surface area (Å²) in [5, 5.41) is 0. The Morgan fingerprint density at radius 1 is 0.545 bits per heavy atom. The number of hydrogen-bond acceptors (Lipinski definition) is 13. The first-order valence-corrected chi connectivity index (χ1v) is 22.8. The predicted molar refractivity (Wildman–Crippen MR) is 251 cm³/mol. The summed E-state index contributed by atoms with van der Waals surface area (Å²) in [4.78, 5) is 28.6. The van der Waals surface area contributed by atoms with Crippen molar-refractivity contribution in [3.8, 4) is 46.0 Å². The first-order chi connectivity index (χ1) is 32.0. The highest BCUT2D eigenvalue weighted by atomic mass is 16.5. The van der Waals surface area contributed by atoms with Gasteiger partial charge in [0.15, 0.2) is 46.0 Å². The molecule has 0 bridgehead atoms. The lowest BCUT2D eigenvalue weighted by Crippen LogP contribution is -2.53. The van der Waals surface area contributed by atoms with Crippen LogP contribution in [0.4, 0.5) is 0 Å². The van der Waals surface area contributed by atoms with E-state index < -0.39 is 0 Å². The molecule has 0 fully saturated rings. The molecule has 358 valence electrons. The lowest BCUT2D eigenvalue weighted by atomic mass is 9.86. The normalized spacial score (nSPS) is 17.7. The van der Waals surface area contributed by atoms with E-state index in [2.05, 4.69) is 48.3 Å². The minimum Gasteiger partial charge on any atom is -0.493 e. The molecule has 6 rings (SSSR count). The van der Waals surface area contributed by atoms with Crippen molar-refractivity contribution in [1.82, 2.24) is 4.90 Å². The molecule has 2 aliphatic heterocycles. The maximum absolute atomic E-state index is 13.2. The summed E-state index contributed by atoms with van der Waals surface area (Å²) in [5.41, 5.74) is 6.93. The molecular formula is C52H69N2O12+. The maximum Gasteiger partial charge on any atom is 0.311 e. The van der Waals surface area contributed by atoms with Gasteiger partial charge in [0.1, 0.15) is 6.04 Å². The number of hydrogen-bond donors (Lipinski definition) is 0. The first kappa shape index (κ1) is 49.6. The van der Waals surface area contributed by atoms with E-state index in [0.29, 0.717) is 102 Å². The van der Waals surface area contributed by atoms with Crippen LogP contribution in [0.3, 0.4) is 0 Å². The van der Waals surface area contributed by atoms with Gasteiger partial charge in [-0.15, -0.1) is 0 Å². The molecule has 0 amide bonds. The lowest BCUT2D eigenvalue weighted by molar-refractivity contribution is -0.940. The van der Waals surface area contributed by atoms with Crippen LogP contribution in [-0.2, 0) is 44.7 Å². The molecule has 3 atom stereocenters. The molecule has 2 aliphatic rings. The smallest absolute Gasteiger partial charge is 0.311 e. The standard InChI is InChI=1S/C52H69N2O12/c1-54(23-19-38-32-48(62-7)50(64-9)34-40(38)42(54)28-36-14-16-44(58-3)46(30-36)60-5)24-20-52(56)66-26-12-10-11-25-65-51(55)18-22-53-21-17-37-31-47(61-6)49(63-8)33-39(37)41(53)27-35-13-15-43(57-2)45(29-35)59-4/h13-16,29-34,41-42H,10-12,17-28H2,1-9H3/q+1/t41-,42-,54+/m1/s1. The Morgan fingerprint density at radius 3 is 1.56 bits per heavy atom. The quantitative estimate of drug-likeness (QED) is 0.0384. The number of carbonyl (C=O) groups is 2. The molecule has 14 nitrogen and oxygen atoms in total. The van der Waals surface area contributed by atoms with Gasteiger partial charge < -0.3 is 51.9 Å². The number of ether oxygens (including phenoxy) is 10. The van der Waals surface area contributed by atoms with E-state index in [4.69, 9.17) is 47.4 Å². The Labute approximate surface area is 390 Å². The van der Waals surface area contributed by atoms with E-state index in [-0.39, 0.29) is 30.4 Å². The largest absolute Gasteiger partial charge is 0.493 e. The van der Waals surface area contributed by atoms with Gasteiger partial charge in [-0.2, -0.15) is 0 Å². The first-order valence-electron chi connectivity index (χ1n) is 22.8. The van der Waals surface area contributed by atoms with Crippen LogP contribution in [0.2, 0.25) is 0 Å². The number of esters is 2. The molecule has 0 aromatic heterocycles. The van der Waals surface area contributed by atoms with Crippen molar-refractivity contribution in [2.75, 3.05) is 103 Å². The molecule has 0 saturated heterocycles. The second-order valence-electron chi connectivity index (χ2n) is 17.1. The Kier molecular flexibility index (Phi) is 17.7. The van der Waals surface area contributed by atoms with Crippen LogP contribution in [0.5, 0.6) is 46.0 Å². The summed E-state index contributed by atoms with van der Waals surface area (Å²) in [7, 11) is 15.4. The fourth-order valence-electron chi connectivity index (χ4n) is 9.46. The topological polar surface area (TPSA) is 130 Å². The minimum atomic E-state index is -0.233. The van der Waals surface area contributed by atoms with E-state index in [0.717, 1.165) is 55.5 Å². The zero-order valence-electron chi connectivity index (χ0n) is 40.3. The van der Waals surface area contributed by atoms with Gasteiger partial charge in [-0.3, -0.25) is 14.5 Å². The summed E-state index contributed by atoms with van der Waals surface area (Å²) >= 11 is 0. The van der Waals surface area contributed by atoms with Crippen molar-refractivity contribution in [2.24, 2.45) is 0 Å². The number of quaternary nitrogens is 1. The highest BCUT2D eigenvalue weighted by Gasteiger charge is 2.40. The summed E-state index contributed by atoms with van der Waals surface area (Å²) in [6.45, 7) is 3.43.